The van der Waals surface area contributed by atoms with Crippen molar-refractivity contribution in [3.63, 3.8) is 0 Å². The number of hydrogen-bond acceptors (Lipinski definition) is 3. The fourth-order valence-corrected chi connectivity index (χ4v) is 9.33. The van der Waals surface area contributed by atoms with Gasteiger partial charge in [0, 0.05) is 49.5 Å². The van der Waals surface area contributed by atoms with Crippen LogP contribution >= 0.6 is 0 Å². The molecule has 12 rings (SSSR count). The highest BCUT2D eigenvalue weighted by atomic mass is 15.1. The number of fused-ring (bicyclic) bond motifs is 6. The Morgan fingerprint density at radius 3 is 1.40 bits per heavy atom. The molecule has 12 aromatic rings. The summed E-state index contributed by atoms with van der Waals surface area (Å²) < 4.78 is 4.80. The lowest BCUT2D eigenvalue weighted by Gasteiger charge is -2.16. The van der Waals surface area contributed by atoms with Gasteiger partial charge in [0.05, 0.1) is 27.8 Å². The molecule has 0 aliphatic rings. The molecular weight excluding hydrogens is 755 g/mol. The van der Waals surface area contributed by atoms with E-state index in [4.69, 9.17) is 15.0 Å². The van der Waals surface area contributed by atoms with E-state index in [0.29, 0.717) is 17.5 Å². The van der Waals surface area contributed by atoms with Crippen LogP contribution in [0.25, 0.3) is 111 Å². The molecule has 0 amide bonds. The molecule has 5 heteroatoms. The van der Waals surface area contributed by atoms with E-state index in [1.54, 1.807) is 0 Å². The average molecular weight is 792 g/mol. The second-order valence-corrected chi connectivity index (χ2v) is 15.5. The van der Waals surface area contributed by atoms with Crippen LogP contribution in [-0.2, 0) is 0 Å². The number of aromatic nitrogens is 5. The van der Waals surface area contributed by atoms with Gasteiger partial charge in [-0.25, -0.2) is 15.0 Å². The molecule has 0 saturated carbocycles. The molecule has 0 spiro atoms. The number of para-hydroxylation sites is 4. The summed E-state index contributed by atoms with van der Waals surface area (Å²) in [5, 5.41) is 4.79. The summed E-state index contributed by atoms with van der Waals surface area (Å²) in [5.41, 5.74) is 14.2. The highest BCUT2D eigenvalue weighted by Gasteiger charge is 2.25. The van der Waals surface area contributed by atoms with Crippen LogP contribution in [0.3, 0.4) is 0 Å². The van der Waals surface area contributed by atoms with Gasteiger partial charge in [-0.2, -0.15) is 0 Å². The summed E-state index contributed by atoms with van der Waals surface area (Å²) >= 11 is 0. The first-order chi connectivity index (χ1) is 30.8. The van der Waals surface area contributed by atoms with Crippen molar-refractivity contribution in [2.45, 2.75) is 0 Å². The van der Waals surface area contributed by atoms with Gasteiger partial charge in [-0.3, -0.25) is 0 Å². The highest BCUT2D eigenvalue weighted by Crippen LogP contribution is 2.48. The van der Waals surface area contributed by atoms with Gasteiger partial charge in [-0.1, -0.05) is 176 Å². The predicted octanol–water partition coefficient (Wildman–Crippen LogP) is 14.4. The summed E-state index contributed by atoms with van der Waals surface area (Å²) in [6.45, 7) is 0. The lowest BCUT2D eigenvalue weighted by molar-refractivity contribution is 1.06. The Morgan fingerprint density at radius 1 is 0.274 bits per heavy atom. The molecule has 62 heavy (non-hydrogen) atoms. The van der Waals surface area contributed by atoms with Crippen LogP contribution in [-0.4, -0.2) is 24.1 Å². The molecule has 0 bridgehead atoms. The maximum Gasteiger partial charge on any atom is 0.166 e. The number of hydrogen-bond donors (Lipinski definition) is 0. The molecule has 0 unspecified atom stereocenters. The van der Waals surface area contributed by atoms with E-state index in [-0.39, 0.29) is 0 Å². The third-order valence-corrected chi connectivity index (χ3v) is 12.0. The Bertz CT molecular complexity index is 3550. The van der Waals surface area contributed by atoms with Crippen molar-refractivity contribution in [3.05, 3.63) is 224 Å². The molecule has 5 nitrogen and oxygen atoms in total. The van der Waals surface area contributed by atoms with Crippen LogP contribution in [0.15, 0.2) is 224 Å². The Kier molecular flexibility index (Phi) is 8.42. The largest absolute Gasteiger partial charge is 0.309 e. The quantitative estimate of drug-likeness (QED) is 0.162. The summed E-state index contributed by atoms with van der Waals surface area (Å²) in [6, 6.07) is 79.3. The average Bonchev–Trinajstić information content (AvgIpc) is 3.88. The summed E-state index contributed by atoms with van der Waals surface area (Å²) in [6.07, 6.45) is 0. The molecule has 0 aliphatic carbocycles. The van der Waals surface area contributed by atoms with Crippen molar-refractivity contribution in [1.29, 1.82) is 0 Å². The zero-order valence-electron chi connectivity index (χ0n) is 33.6. The standard InChI is InChI=1S/C57H37N5/c1-5-20-38(21-6-1)42-36-37-51-54(44-29-14-16-32-47(44)61(51)41-26-11-4-12-27-41)53(42)46-31-19-35-50-52(46)43-28-13-17-33-48(43)62(50)49-34-18-15-30-45(49)57-59-55(39-22-7-2-8-23-39)58-56(60-57)40-24-9-3-10-25-40/h1-37H. The minimum atomic E-state index is 0.611. The first-order valence-electron chi connectivity index (χ1n) is 21.0. The van der Waals surface area contributed by atoms with Crippen LogP contribution in [0.4, 0.5) is 0 Å². The van der Waals surface area contributed by atoms with Gasteiger partial charge in [0.15, 0.2) is 17.5 Å². The normalized spacial score (nSPS) is 11.5. The molecule has 9 aromatic carbocycles. The lowest BCUT2D eigenvalue weighted by Crippen LogP contribution is -2.03. The molecule has 0 N–H and O–H groups in total. The van der Waals surface area contributed by atoms with E-state index in [9.17, 15) is 0 Å². The summed E-state index contributed by atoms with van der Waals surface area (Å²) in [5.74, 6) is 1.87. The third-order valence-electron chi connectivity index (χ3n) is 12.0. The number of rotatable bonds is 7. The first kappa shape index (κ1) is 35.5. The Hall–Kier alpha value is -8.41. The summed E-state index contributed by atoms with van der Waals surface area (Å²) in [7, 11) is 0. The van der Waals surface area contributed by atoms with E-state index in [2.05, 4.69) is 197 Å². The van der Waals surface area contributed by atoms with Gasteiger partial charge in [0.25, 0.3) is 0 Å². The zero-order valence-corrected chi connectivity index (χ0v) is 33.6. The Morgan fingerprint density at radius 2 is 0.742 bits per heavy atom. The Labute approximate surface area is 358 Å². The third kappa shape index (κ3) is 5.75. The van der Waals surface area contributed by atoms with Crippen molar-refractivity contribution < 1.29 is 0 Å². The van der Waals surface area contributed by atoms with Crippen molar-refractivity contribution in [2.75, 3.05) is 0 Å². The van der Waals surface area contributed by atoms with Crippen LogP contribution in [0, 0.1) is 0 Å². The molecule has 0 fully saturated rings. The van der Waals surface area contributed by atoms with Crippen molar-refractivity contribution in [1.82, 2.24) is 24.1 Å². The molecule has 290 valence electrons. The van der Waals surface area contributed by atoms with Crippen LogP contribution < -0.4 is 0 Å². The molecule has 0 atom stereocenters. The van der Waals surface area contributed by atoms with Gasteiger partial charge in [-0.15, -0.1) is 0 Å². The predicted molar refractivity (Wildman–Crippen MR) is 256 cm³/mol. The second-order valence-electron chi connectivity index (χ2n) is 15.5. The molecule has 0 saturated heterocycles. The van der Waals surface area contributed by atoms with Crippen molar-refractivity contribution in [2.24, 2.45) is 0 Å². The first-order valence-corrected chi connectivity index (χ1v) is 21.0. The van der Waals surface area contributed by atoms with Crippen LogP contribution in [0.1, 0.15) is 0 Å². The van der Waals surface area contributed by atoms with Crippen LogP contribution in [0.5, 0.6) is 0 Å². The molecular formula is C57H37N5. The van der Waals surface area contributed by atoms with Crippen molar-refractivity contribution in [3.8, 4) is 67.8 Å². The summed E-state index contributed by atoms with van der Waals surface area (Å²) in [4.78, 5) is 15.4. The van der Waals surface area contributed by atoms with E-state index in [1.807, 2.05) is 36.4 Å². The van der Waals surface area contributed by atoms with Crippen molar-refractivity contribution >= 4 is 43.6 Å². The van der Waals surface area contributed by atoms with Gasteiger partial charge in [0.1, 0.15) is 0 Å². The second kappa shape index (κ2) is 14.7. The monoisotopic (exact) mass is 791 g/mol. The fraction of sp³-hybridized carbons (Fsp3) is 0. The smallest absolute Gasteiger partial charge is 0.166 e. The number of nitrogens with zero attached hydrogens (tertiary/aromatic N) is 5. The van der Waals surface area contributed by atoms with Gasteiger partial charge < -0.3 is 9.13 Å². The van der Waals surface area contributed by atoms with Crippen LogP contribution in [0.2, 0.25) is 0 Å². The topological polar surface area (TPSA) is 48.5 Å². The highest BCUT2D eigenvalue weighted by molar-refractivity contribution is 6.24. The lowest BCUT2D eigenvalue weighted by atomic mass is 9.88. The minimum absolute atomic E-state index is 0.611. The van der Waals surface area contributed by atoms with Gasteiger partial charge >= 0.3 is 0 Å². The van der Waals surface area contributed by atoms with E-state index >= 15 is 0 Å². The SMILES string of the molecule is c1ccc(-c2nc(-c3ccccc3)nc(-c3ccccc3-n3c4ccccc4c4c(-c5c(-c6ccccc6)ccc6c5c5ccccc5n6-c5ccccc5)cccc43)n2)cc1. The zero-order chi connectivity index (χ0) is 41.0. The molecule has 0 radical (unpaired) electrons. The van der Waals surface area contributed by atoms with Gasteiger partial charge in [0.2, 0.25) is 0 Å². The molecule has 3 aromatic heterocycles. The fourth-order valence-electron chi connectivity index (χ4n) is 9.33. The maximum absolute atomic E-state index is 5.19. The van der Waals surface area contributed by atoms with E-state index < -0.39 is 0 Å². The molecule has 3 heterocycles. The Balaban J connectivity index is 1.16. The van der Waals surface area contributed by atoms with E-state index in [0.717, 1.165) is 44.6 Å². The maximum atomic E-state index is 5.19. The minimum Gasteiger partial charge on any atom is -0.309 e. The van der Waals surface area contributed by atoms with E-state index in [1.165, 1.54) is 49.3 Å². The van der Waals surface area contributed by atoms with Gasteiger partial charge in [-0.05, 0) is 65.2 Å². The number of benzene rings is 9. The molecule has 0 aliphatic heterocycles.